The lowest BCUT2D eigenvalue weighted by Crippen LogP contribution is -2.46. The Balaban J connectivity index is 1.57. The van der Waals surface area contributed by atoms with Crippen molar-refractivity contribution in [1.82, 2.24) is 9.88 Å². The normalized spacial score (nSPS) is 26.2. The first-order valence-corrected chi connectivity index (χ1v) is 8.33. The van der Waals surface area contributed by atoms with Crippen LogP contribution in [0.2, 0.25) is 0 Å². The van der Waals surface area contributed by atoms with Crippen molar-refractivity contribution in [2.24, 2.45) is 5.73 Å². The number of nitrogens with two attached hydrogens (primary N) is 1. The molecule has 2 aliphatic heterocycles. The summed E-state index contributed by atoms with van der Waals surface area (Å²) < 4.78 is 0. The number of nitrogens with zero attached hydrogens (tertiary/aromatic N) is 3. The topological polar surface area (TPSA) is 45.4 Å². The monoisotopic (exact) mass is 280 g/mol. The molecule has 1 unspecified atom stereocenters. The molecule has 106 valence electrons. The van der Waals surface area contributed by atoms with Crippen molar-refractivity contribution < 1.29 is 0 Å². The molecule has 2 N–H and O–H groups in total. The minimum absolute atomic E-state index is 0.430. The molecule has 0 amide bonds. The second-order valence-corrected chi connectivity index (χ2v) is 6.57. The third-order valence-electron chi connectivity index (χ3n) is 4.43. The fourth-order valence-corrected chi connectivity index (χ4v) is 4.05. The zero-order chi connectivity index (χ0) is 13.2. The van der Waals surface area contributed by atoms with Gasteiger partial charge in [0.1, 0.15) is 0 Å². The number of hydrogen-bond donors (Lipinski definition) is 1. The van der Waals surface area contributed by atoms with Gasteiger partial charge in [-0.15, -0.1) is 11.3 Å². The van der Waals surface area contributed by atoms with Gasteiger partial charge in [-0.25, -0.2) is 4.98 Å². The Morgan fingerprint density at radius 3 is 2.79 bits per heavy atom. The van der Waals surface area contributed by atoms with Crippen molar-refractivity contribution in [3.8, 4) is 0 Å². The molecule has 1 aromatic rings. The third kappa shape index (κ3) is 2.93. The van der Waals surface area contributed by atoms with Crippen molar-refractivity contribution in [1.29, 1.82) is 0 Å². The summed E-state index contributed by atoms with van der Waals surface area (Å²) in [6.07, 6.45) is 4.63. The third-order valence-corrected chi connectivity index (χ3v) is 5.38. The van der Waals surface area contributed by atoms with E-state index in [9.17, 15) is 0 Å². The molecule has 5 heteroatoms. The summed E-state index contributed by atoms with van der Waals surface area (Å²) in [5.74, 6) is 0. The molecule has 1 aromatic heterocycles. The quantitative estimate of drug-likeness (QED) is 0.915. The summed E-state index contributed by atoms with van der Waals surface area (Å²) in [7, 11) is 0. The summed E-state index contributed by atoms with van der Waals surface area (Å²) in [4.78, 5) is 9.81. The van der Waals surface area contributed by atoms with Crippen LogP contribution in [0.1, 0.15) is 31.9 Å². The van der Waals surface area contributed by atoms with E-state index in [2.05, 4.69) is 22.1 Å². The van der Waals surface area contributed by atoms with Crippen LogP contribution in [-0.2, 0) is 6.42 Å². The smallest absolute Gasteiger partial charge is 0.185 e. The summed E-state index contributed by atoms with van der Waals surface area (Å²) in [6, 6.07) is 1.14. The fourth-order valence-electron chi connectivity index (χ4n) is 3.10. The van der Waals surface area contributed by atoms with E-state index < -0.39 is 0 Å². The Hall–Kier alpha value is -0.650. The first-order chi connectivity index (χ1) is 9.26. The highest BCUT2D eigenvalue weighted by atomic mass is 32.1. The molecule has 3 rings (SSSR count). The number of aromatic nitrogens is 1. The Bertz CT molecular complexity index is 411. The van der Waals surface area contributed by atoms with Crippen molar-refractivity contribution in [2.45, 2.75) is 44.7 Å². The molecule has 0 saturated carbocycles. The van der Waals surface area contributed by atoms with Gasteiger partial charge in [-0.3, -0.25) is 4.90 Å². The molecule has 2 aliphatic rings. The lowest BCUT2D eigenvalue weighted by atomic mass is 10.0. The van der Waals surface area contributed by atoms with Gasteiger partial charge < -0.3 is 10.6 Å². The molecule has 0 spiro atoms. The van der Waals surface area contributed by atoms with E-state index in [1.54, 1.807) is 11.3 Å². The van der Waals surface area contributed by atoms with Crippen LogP contribution in [0.25, 0.3) is 0 Å². The summed E-state index contributed by atoms with van der Waals surface area (Å²) in [5.41, 5.74) is 7.22. The van der Waals surface area contributed by atoms with Crippen molar-refractivity contribution >= 4 is 16.5 Å². The standard InChI is InChI=1S/C14H24N4S/c1-2-12-10-19-14(16-12)18-8-5-13(9-18)17-6-3-11(15)4-7-17/h10-11,13H,2-9,15H2,1H3. The molecule has 2 fully saturated rings. The van der Waals surface area contributed by atoms with E-state index in [1.165, 1.54) is 30.3 Å². The molecule has 0 aliphatic carbocycles. The maximum Gasteiger partial charge on any atom is 0.185 e. The van der Waals surface area contributed by atoms with E-state index in [4.69, 9.17) is 10.7 Å². The van der Waals surface area contributed by atoms with Gasteiger partial charge in [0, 0.05) is 30.6 Å². The van der Waals surface area contributed by atoms with Gasteiger partial charge in [0.05, 0.1) is 5.69 Å². The second kappa shape index (κ2) is 5.77. The summed E-state index contributed by atoms with van der Waals surface area (Å²) in [5, 5.41) is 3.41. The van der Waals surface area contributed by atoms with E-state index >= 15 is 0 Å². The van der Waals surface area contributed by atoms with Gasteiger partial charge in [0.2, 0.25) is 0 Å². The molecule has 4 nitrogen and oxygen atoms in total. The number of thiazole rings is 1. The number of aryl methyl sites for hydroxylation is 1. The molecule has 0 aromatic carbocycles. The van der Waals surface area contributed by atoms with E-state index in [0.717, 1.165) is 32.4 Å². The molecule has 19 heavy (non-hydrogen) atoms. The van der Waals surface area contributed by atoms with Gasteiger partial charge in [0.15, 0.2) is 5.13 Å². The van der Waals surface area contributed by atoms with Crippen LogP contribution in [0.15, 0.2) is 5.38 Å². The van der Waals surface area contributed by atoms with Gasteiger partial charge >= 0.3 is 0 Å². The predicted octanol–water partition coefficient (Wildman–Crippen LogP) is 1.71. The van der Waals surface area contributed by atoms with E-state index in [1.807, 2.05) is 0 Å². The Morgan fingerprint density at radius 2 is 2.11 bits per heavy atom. The Morgan fingerprint density at radius 1 is 1.32 bits per heavy atom. The number of piperidine rings is 1. The zero-order valence-corrected chi connectivity index (χ0v) is 12.5. The first-order valence-electron chi connectivity index (χ1n) is 7.45. The number of anilines is 1. The Kier molecular flexibility index (Phi) is 4.05. The van der Waals surface area contributed by atoms with Crippen LogP contribution >= 0.6 is 11.3 Å². The van der Waals surface area contributed by atoms with Gasteiger partial charge in [-0.05, 0) is 38.8 Å². The molecule has 0 bridgehead atoms. The van der Waals surface area contributed by atoms with Crippen LogP contribution in [0.3, 0.4) is 0 Å². The molecule has 1 atom stereocenters. The first kappa shape index (κ1) is 13.3. The highest BCUT2D eigenvalue weighted by molar-refractivity contribution is 7.13. The number of rotatable bonds is 3. The Labute approximate surface area is 119 Å². The largest absolute Gasteiger partial charge is 0.346 e. The maximum absolute atomic E-state index is 5.99. The van der Waals surface area contributed by atoms with Crippen molar-refractivity contribution in [2.75, 3.05) is 31.1 Å². The minimum Gasteiger partial charge on any atom is -0.346 e. The summed E-state index contributed by atoms with van der Waals surface area (Å²) >= 11 is 1.80. The highest BCUT2D eigenvalue weighted by Gasteiger charge is 2.30. The number of hydrogen-bond acceptors (Lipinski definition) is 5. The highest BCUT2D eigenvalue weighted by Crippen LogP contribution is 2.27. The van der Waals surface area contributed by atoms with Gasteiger partial charge in [0.25, 0.3) is 0 Å². The molecule has 3 heterocycles. The van der Waals surface area contributed by atoms with E-state index in [-0.39, 0.29) is 0 Å². The van der Waals surface area contributed by atoms with Crippen LogP contribution in [0, 0.1) is 0 Å². The lowest BCUT2D eigenvalue weighted by Gasteiger charge is -2.34. The SMILES string of the molecule is CCc1csc(N2CCC(N3CCC(N)CC3)C2)n1. The van der Waals surface area contributed by atoms with Crippen LogP contribution in [0.4, 0.5) is 5.13 Å². The minimum atomic E-state index is 0.430. The predicted molar refractivity (Wildman–Crippen MR) is 80.9 cm³/mol. The van der Waals surface area contributed by atoms with Crippen LogP contribution in [-0.4, -0.2) is 48.1 Å². The summed E-state index contributed by atoms with van der Waals surface area (Å²) in [6.45, 7) is 6.83. The maximum atomic E-state index is 5.99. The van der Waals surface area contributed by atoms with Crippen LogP contribution in [0.5, 0.6) is 0 Å². The van der Waals surface area contributed by atoms with Gasteiger partial charge in [-0.2, -0.15) is 0 Å². The molecule has 2 saturated heterocycles. The van der Waals surface area contributed by atoms with Crippen molar-refractivity contribution in [3.05, 3.63) is 11.1 Å². The van der Waals surface area contributed by atoms with Crippen LogP contribution < -0.4 is 10.6 Å². The van der Waals surface area contributed by atoms with Gasteiger partial charge in [-0.1, -0.05) is 6.92 Å². The molecular formula is C14H24N4S. The van der Waals surface area contributed by atoms with Crippen molar-refractivity contribution in [3.63, 3.8) is 0 Å². The average molecular weight is 280 g/mol. The molecule has 0 radical (unpaired) electrons. The fraction of sp³-hybridized carbons (Fsp3) is 0.786. The number of likely N-dealkylation sites (tertiary alicyclic amines) is 1. The molecular weight excluding hydrogens is 256 g/mol. The average Bonchev–Trinajstić information content (AvgIpc) is 3.08. The second-order valence-electron chi connectivity index (χ2n) is 5.74. The van der Waals surface area contributed by atoms with E-state index in [0.29, 0.717) is 12.1 Å². The zero-order valence-electron chi connectivity index (χ0n) is 11.7. The lowest BCUT2D eigenvalue weighted by molar-refractivity contribution is 0.163.